The summed E-state index contributed by atoms with van der Waals surface area (Å²) in [5.41, 5.74) is 1.75. The molecule has 2 aromatic rings. The standard InChI is InChI=1S/C9H8ClNO/c1-5-7-4-6(10)2-3-8(7)11-9(5)12/h2-4,11-12H,1H3. The molecule has 0 saturated carbocycles. The first-order chi connectivity index (χ1) is 5.68. The van der Waals surface area contributed by atoms with E-state index in [-0.39, 0.29) is 5.88 Å². The number of fused-ring (bicyclic) bond motifs is 1. The topological polar surface area (TPSA) is 36.0 Å². The van der Waals surface area contributed by atoms with Crippen LogP contribution in [0, 0.1) is 6.92 Å². The van der Waals surface area contributed by atoms with Crippen molar-refractivity contribution in [1.82, 2.24) is 4.98 Å². The Morgan fingerprint density at radius 3 is 2.92 bits per heavy atom. The van der Waals surface area contributed by atoms with E-state index in [9.17, 15) is 5.11 Å². The molecule has 0 spiro atoms. The second kappa shape index (κ2) is 2.42. The maximum atomic E-state index is 9.34. The zero-order valence-electron chi connectivity index (χ0n) is 6.56. The largest absolute Gasteiger partial charge is 0.494 e. The van der Waals surface area contributed by atoms with Gasteiger partial charge in [-0.25, -0.2) is 0 Å². The molecule has 2 rings (SSSR count). The van der Waals surface area contributed by atoms with E-state index >= 15 is 0 Å². The number of H-pyrrole nitrogens is 1. The smallest absolute Gasteiger partial charge is 0.192 e. The molecule has 1 heterocycles. The van der Waals surface area contributed by atoms with Crippen LogP contribution in [-0.2, 0) is 0 Å². The van der Waals surface area contributed by atoms with Gasteiger partial charge in [0.25, 0.3) is 0 Å². The SMILES string of the molecule is Cc1c(O)[nH]c2ccc(Cl)cc12. The molecule has 0 aliphatic carbocycles. The fraction of sp³-hybridized carbons (Fsp3) is 0.111. The molecular weight excluding hydrogens is 174 g/mol. The molecule has 0 atom stereocenters. The van der Waals surface area contributed by atoms with E-state index in [2.05, 4.69) is 4.98 Å². The van der Waals surface area contributed by atoms with Gasteiger partial charge in [0.1, 0.15) is 0 Å². The van der Waals surface area contributed by atoms with Crippen molar-refractivity contribution in [1.29, 1.82) is 0 Å². The average molecular weight is 182 g/mol. The van der Waals surface area contributed by atoms with Crippen LogP contribution >= 0.6 is 11.6 Å². The number of benzene rings is 1. The van der Waals surface area contributed by atoms with Gasteiger partial charge in [-0.15, -0.1) is 0 Å². The minimum atomic E-state index is 0.215. The number of aromatic amines is 1. The van der Waals surface area contributed by atoms with Crippen LogP contribution in [0.3, 0.4) is 0 Å². The lowest BCUT2D eigenvalue weighted by atomic mass is 10.2. The maximum Gasteiger partial charge on any atom is 0.192 e. The van der Waals surface area contributed by atoms with Crippen molar-refractivity contribution < 1.29 is 5.11 Å². The van der Waals surface area contributed by atoms with Crippen LogP contribution in [0.5, 0.6) is 5.88 Å². The number of hydrogen-bond acceptors (Lipinski definition) is 1. The van der Waals surface area contributed by atoms with Crippen molar-refractivity contribution >= 4 is 22.5 Å². The quantitative estimate of drug-likeness (QED) is 0.644. The van der Waals surface area contributed by atoms with Crippen molar-refractivity contribution in [2.45, 2.75) is 6.92 Å². The number of rotatable bonds is 0. The third-order valence-corrected chi connectivity index (χ3v) is 2.23. The highest BCUT2D eigenvalue weighted by Crippen LogP contribution is 2.27. The summed E-state index contributed by atoms with van der Waals surface area (Å²) in [7, 11) is 0. The Bertz CT molecular complexity index is 433. The van der Waals surface area contributed by atoms with Crippen molar-refractivity contribution in [2.24, 2.45) is 0 Å². The highest BCUT2D eigenvalue weighted by atomic mass is 35.5. The molecule has 12 heavy (non-hydrogen) atoms. The van der Waals surface area contributed by atoms with E-state index in [1.165, 1.54) is 0 Å². The normalized spacial score (nSPS) is 10.8. The molecule has 2 N–H and O–H groups in total. The summed E-state index contributed by atoms with van der Waals surface area (Å²) in [5, 5.41) is 11.0. The first-order valence-electron chi connectivity index (χ1n) is 3.65. The summed E-state index contributed by atoms with van der Waals surface area (Å²) >= 11 is 5.80. The van der Waals surface area contributed by atoms with Gasteiger partial charge in [-0.05, 0) is 25.1 Å². The van der Waals surface area contributed by atoms with Gasteiger partial charge in [-0.1, -0.05) is 11.6 Å². The van der Waals surface area contributed by atoms with Crippen molar-refractivity contribution in [3.63, 3.8) is 0 Å². The summed E-state index contributed by atoms with van der Waals surface area (Å²) in [6, 6.07) is 5.48. The van der Waals surface area contributed by atoms with Gasteiger partial charge in [-0.3, -0.25) is 0 Å². The van der Waals surface area contributed by atoms with Crippen LogP contribution in [0.4, 0.5) is 0 Å². The molecule has 0 saturated heterocycles. The molecule has 2 nitrogen and oxygen atoms in total. The molecule has 0 bridgehead atoms. The molecule has 3 heteroatoms. The van der Waals surface area contributed by atoms with E-state index in [4.69, 9.17) is 11.6 Å². The first-order valence-corrected chi connectivity index (χ1v) is 4.03. The molecule has 1 aromatic carbocycles. The van der Waals surface area contributed by atoms with E-state index in [0.29, 0.717) is 5.02 Å². The summed E-state index contributed by atoms with van der Waals surface area (Å²) in [6.07, 6.45) is 0. The molecule has 0 amide bonds. The Kier molecular flexibility index (Phi) is 1.51. The molecule has 0 aliphatic heterocycles. The summed E-state index contributed by atoms with van der Waals surface area (Å²) in [5.74, 6) is 0.215. The van der Waals surface area contributed by atoms with Gasteiger partial charge in [0.15, 0.2) is 5.88 Å². The van der Waals surface area contributed by atoms with Crippen LogP contribution in [0.15, 0.2) is 18.2 Å². The van der Waals surface area contributed by atoms with Crippen LogP contribution < -0.4 is 0 Å². The molecule has 0 radical (unpaired) electrons. The van der Waals surface area contributed by atoms with Crippen LogP contribution in [0.25, 0.3) is 10.9 Å². The highest BCUT2D eigenvalue weighted by Gasteiger charge is 2.05. The average Bonchev–Trinajstić information content (AvgIpc) is 2.31. The van der Waals surface area contributed by atoms with Crippen molar-refractivity contribution in [3.8, 4) is 5.88 Å². The van der Waals surface area contributed by atoms with Crippen LogP contribution in [0.1, 0.15) is 5.56 Å². The number of nitrogens with one attached hydrogen (secondary N) is 1. The molecule has 0 unspecified atom stereocenters. The Hall–Kier alpha value is -1.15. The van der Waals surface area contributed by atoms with Crippen LogP contribution in [0.2, 0.25) is 5.02 Å². The van der Waals surface area contributed by atoms with Gasteiger partial charge >= 0.3 is 0 Å². The zero-order valence-corrected chi connectivity index (χ0v) is 7.31. The molecule has 62 valence electrons. The lowest BCUT2D eigenvalue weighted by Gasteiger charge is -1.91. The second-order valence-corrected chi connectivity index (χ2v) is 3.22. The number of aromatic nitrogens is 1. The second-order valence-electron chi connectivity index (χ2n) is 2.79. The number of hydrogen-bond donors (Lipinski definition) is 2. The molecule has 0 fully saturated rings. The Labute approximate surface area is 74.8 Å². The van der Waals surface area contributed by atoms with Gasteiger partial charge < -0.3 is 10.1 Å². The minimum absolute atomic E-state index is 0.215. The Morgan fingerprint density at radius 1 is 1.42 bits per heavy atom. The fourth-order valence-electron chi connectivity index (χ4n) is 1.28. The van der Waals surface area contributed by atoms with E-state index in [0.717, 1.165) is 16.5 Å². The van der Waals surface area contributed by atoms with Gasteiger partial charge in [0, 0.05) is 21.5 Å². The monoisotopic (exact) mass is 181 g/mol. The van der Waals surface area contributed by atoms with Gasteiger partial charge in [0.2, 0.25) is 0 Å². The van der Waals surface area contributed by atoms with E-state index in [1.54, 1.807) is 6.07 Å². The zero-order chi connectivity index (χ0) is 8.72. The summed E-state index contributed by atoms with van der Waals surface area (Å²) in [4.78, 5) is 2.85. The highest BCUT2D eigenvalue weighted by molar-refractivity contribution is 6.31. The first kappa shape index (κ1) is 7.50. The van der Waals surface area contributed by atoms with E-state index in [1.807, 2.05) is 19.1 Å². The van der Waals surface area contributed by atoms with Gasteiger partial charge in [-0.2, -0.15) is 0 Å². The fourth-order valence-corrected chi connectivity index (χ4v) is 1.46. The summed E-state index contributed by atoms with van der Waals surface area (Å²) < 4.78 is 0. The third kappa shape index (κ3) is 0.959. The molecule has 0 aliphatic rings. The number of aromatic hydroxyl groups is 1. The predicted octanol–water partition coefficient (Wildman–Crippen LogP) is 2.84. The Balaban J connectivity index is 2.88. The third-order valence-electron chi connectivity index (χ3n) is 1.99. The number of halogens is 1. The lowest BCUT2D eigenvalue weighted by Crippen LogP contribution is -1.68. The lowest BCUT2D eigenvalue weighted by molar-refractivity contribution is 0.454. The predicted molar refractivity (Wildman–Crippen MR) is 49.7 cm³/mol. The molecular formula is C9H8ClNO. The Morgan fingerprint density at radius 2 is 2.17 bits per heavy atom. The minimum Gasteiger partial charge on any atom is -0.494 e. The van der Waals surface area contributed by atoms with Gasteiger partial charge in [0.05, 0.1) is 0 Å². The van der Waals surface area contributed by atoms with E-state index < -0.39 is 0 Å². The number of aryl methyl sites for hydroxylation is 1. The van der Waals surface area contributed by atoms with Crippen LogP contribution in [-0.4, -0.2) is 10.1 Å². The maximum absolute atomic E-state index is 9.34. The van der Waals surface area contributed by atoms with Crippen molar-refractivity contribution in [2.75, 3.05) is 0 Å². The molecule has 1 aromatic heterocycles. The van der Waals surface area contributed by atoms with Crippen molar-refractivity contribution in [3.05, 3.63) is 28.8 Å². The summed E-state index contributed by atoms with van der Waals surface area (Å²) in [6.45, 7) is 1.85.